The van der Waals surface area contributed by atoms with Crippen LogP contribution in [0.3, 0.4) is 0 Å². The summed E-state index contributed by atoms with van der Waals surface area (Å²) in [5, 5.41) is 5.42. The number of ether oxygens (including phenoxy) is 1. The Hall–Kier alpha value is -2.56. The first-order valence-electron chi connectivity index (χ1n) is 7.96. The van der Waals surface area contributed by atoms with Gasteiger partial charge in [-0.15, -0.1) is 0 Å². The van der Waals surface area contributed by atoms with Gasteiger partial charge < -0.3 is 9.72 Å². The van der Waals surface area contributed by atoms with Crippen molar-refractivity contribution in [1.82, 2.24) is 14.8 Å². The first-order valence-corrected chi connectivity index (χ1v) is 7.96. The van der Waals surface area contributed by atoms with Crippen LogP contribution >= 0.6 is 0 Å². The minimum atomic E-state index is -0.124. The van der Waals surface area contributed by atoms with E-state index in [-0.39, 0.29) is 5.56 Å². The van der Waals surface area contributed by atoms with E-state index in [1.165, 1.54) is 0 Å². The van der Waals surface area contributed by atoms with E-state index in [0.717, 1.165) is 40.9 Å². The molecule has 0 aliphatic carbocycles. The summed E-state index contributed by atoms with van der Waals surface area (Å²) >= 11 is 0. The molecule has 1 N–H and O–H groups in total. The molecule has 5 heteroatoms. The Morgan fingerprint density at radius 1 is 1.26 bits per heavy atom. The van der Waals surface area contributed by atoms with Crippen LogP contribution < -0.4 is 10.3 Å². The van der Waals surface area contributed by atoms with E-state index >= 15 is 0 Å². The molecule has 2 aromatic heterocycles. The number of para-hydroxylation sites is 1. The molecule has 0 bridgehead atoms. The van der Waals surface area contributed by atoms with Gasteiger partial charge in [-0.05, 0) is 31.5 Å². The smallest absolute Gasteiger partial charge is 0.274 e. The third-order valence-electron chi connectivity index (χ3n) is 3.88. The van der Waals surface area contributed by atoms with Crippen LogP contribution in [0.15, 0.2) is 35.1 Å². The molecule has 0 saturated heterocycles. The fraction of sp³-hybridized carbons (Fsp3) is 0.333. The minimum Gasteiger partial charge on any atom is -0.493 e. The lowest BCUT2D eigenvalue weighted by Crippen LogP contribution is -2.11. The van der Waals surface area contributed by atoms with Gasteiger partial charge >= 0.3 is 0 Å². The second kappa shape index (κ2) is 6.28. The van der Waals surface area contributed by atoms with E-state index in [4.69, 9.17) is 4.74 Å². The number of hydrogen-bond acceptors (Lipinski definition) is 3. The first kappa shape index (κ1) is 15.3. The van der Waals surface area contributed by atoms with Crippen molar-refractivity contribution >= 4 is 10.9 Å². The highest BCUT2D eigenvalue weighted by Crippen LogP contribution is 2.30. The maximum Gasteiger partial charge on any atom is 0.274 e. The molecular weight excluding hydrogens is 290 g/mol. The maximum absolute atomic E-state index is 12.5. The highest BCUT2D eigenvalue weighted by molar-refractivity contribution is 5.85. The summed E-state index contributed by atoms with van der Waals surface area (Å²) in [5.74, 6) is 0.769. The lowest BCUT2D eigenvalue weighted by molar-refractivity contribution is 0.341. The molecule has 3 aromatic rings. The quantitative estimate of drug-likeness (QED) is 0.786. The van der Waals surface area contributed by atoms with Crippen molar-refractivity contribution in [3.8, 4) is 17.0 Å². The molecule has 0 unspecified atom stereocenters. The van der Waals surface area contributed by atoms with Crippen LogP contribution in [0, 0.1) is 0 Å². The van der Waals surface area contributed by atoms with Gasteiger partial charge in [0, 0.05) is 18.0 Å². The van der Waals surface area contributed by atoms with E-state index in [2.05, 4.69) is 17.0 Å². The number of hydrogen-bond donors (Lipinski definition) is 1. The molecule has 0 radical (unpaired) electrons. The molecule has 5 nitrogen and oxygen atoms in total. The summed E-state index contributed by atoms with van der Waals surface area (Å²) in [5.41, 5.74) is 3.11. The molecule has 1 aromatic carbocycles. The number of nitrogens with one attached hydrogen (secondary N) is 1. The number of H-pyrrole nitrogens is 1. The number of aromatic nitrogens is 3. The van der Waals surface area contributed by atoms with E-state index < -0.39 is 0 Å². The van der Waals surface area contributed by atoms with Crippen LogP contribution in [0.1, 0.15) is 26.0 Å². The number of nitrogens with zero attached hydrogens (tertiary/aromatic N) is 2. The molecule has 0 fully saturated rings. The van der Waals surface area contributed by atoms with Crippen LogP contribution in [0.5, 0.6) is 5.75 Å². The minimum absolute atomic E-state index is 0.124. The Bertz CT molecular complexity index is 893. The molecular formula is C18H21N3O2. The average Bonchev–Trinajstić information content (AvgIpc) is 2.85. The van der Waals surface area contributed by atoms with Crippen molar-refractivity contribution in [3.63, 3.8) is 0 Å². The normalized spacial score (nSPS) is 11.1. The fourth-order valence-corrected chi connectivity index (χ4v) is 2.92. The van der Waals surface area contributed by atoms with Crippen molar-refractivity contribution in [2.45, 2.75) is 26.7 Å². The Morgan fingerprint density at radius 2 is 2.04 bits per heavy atom. The molecule has 0 atom stereocenters. The predicted octanol–water partition coefficient (Wildman–Crippen LogP) is 3.28. The molecule has 3 rings (SSSR count). The first-order chi connectivity index (χ1) is 11.2. The lowest BCUT2D eigenvalue weighted by atomic mass is 10.1. The van der Waals surface area contributed by atoms with Gasteiger partial charge in [-0.3, -0.25) is 9.48 Å². The topological polar surface area (TPSA) is 59.9 Å². The zero-order valence-corrected chi connectivity index (χ0v) is 13.7. The summed E-state index contributed by atoms with van der Waals surface area (Å²) in [7, 11) is 1.81. The number of aromatic amines is 1. The van der Waals surface area contributed by atoms with Gasteiger partial charge in [-0.2, -0.15) is 5.10 Å². The van der Waals surface area contributed by atoms with Gasteiger partial charge in [-0.1, -0.05) is 25.5 Å². The number of rotatable bonds is 5. The second-order valence-corrected chi connectivity index (χ2v) is 5.52. The third kappa shape index (κ3) is 2.74. The lowest BCUT2D eigenvalue weighted by Gasteiger charge is -2.10. The predicted molar refractivity (Wildman–Crippen MR) is 91.9 cm³/mol. The Kier molecular flexibility index (Phi) is 4.19. The zero-order chi connectivity index (χ0) is 16.4. The number of fused-ring (bicyclic) bond motifs is 1. The maximum atomic E-state index is 12.5. The summed E-state index contributed by atoms with van der Waals surface area (Å²) in [4.78, 5) is 15.5. The van der Waals surface area contributed by atoms with E-state index in [9.17, 15) is 4.79 Å². The van der Waals surface area contributed by atoms with E-state index in [1.807, 2.05) is 44.3 Å². The zero-order valence-electron chi connectivity index (χ0n) is 13.7. The van der Waals surface area contributed by atoms with Crippen molar-refractivity contribution in [2.75, 3.05) is 6.61 Å². The molecule has 2 heterocycles. The van der Waals surface area contributed by atoms with Crippen molar-refractivity contribution in [1.29, 1.82) is 0 Å². The molecule has 0 saturated carbocycles. The number of pyridine rings is 1. The standard InChI is InChI=1S/C18H21N3O2/c1-4-8-14-13-11-15(19-18(22)17(13)21(3)20-14)12-9-6-7-10-16(12)23-5-2/h6-7,9-11H,4-5,8H2,1-3H3,(H,19,22). The molecule has 0 aliphatic rings. The summed E-state index contributed by atoms with van der Waals surface area (Å²) in [6, 6.07) is 9.75. The van der Waals surface area contributed by atoms with Gasteiger partial charge in [0.05, 0.1) is 18.0 Å². The van der Waals surface area contributed by atoms with Crippen molar-refractivity contribution < 1.29 is 4.74 Å². The summed E-state index contributed by atoms with van der Waals surface area (Å²) in [6.45, 7) is 4.64. The monoisotopic (exact) mass is 311 g/mol. The van der Waals surface area contributed by atoms with E-state index in [1.54, 1.807) is 4.68 Å². The Balaban J connectivity index is 2.24. The van der Waals surface area contributed by atoms with Gasteiger partial charge in [0.15, 0.2) is 0 Å². The average molecular weight is 311 g/mol. The Morgan fingerprint density at radius 3 is 2.78 bits per heavy atom. The van der Waals surface area contributed by atoms with Gasteiger partial charge in [0.2, 0.25) is 0 Å². The van der Waals surface area contributed by atoms with Crippen molar-refractivity contribution in [2.24, 2.45) is 7.05 Å². The van der Waals surface area contributed by atoms with Gasteiger partial charge in [0.1, 0.15) is 11.3 Å². The van der Waals surface area contributed by atoms with Gasteiger partial charge in [0.25, 0.3) is 5.56 Å². The highest BCUT2D eigenvalue weighted by Gasteiger charge is 2.15. The molecule has 120 valence electrons. The SMILES string of the molecule is CCCc1nn(C)c2c(=O)[nH]c(-c3ccccc3OCC)cc12. The van der Waals surface area contributed by atoms with Crippen LogP contribution in [0.2, 0.25) is 0 Å². The second-order valence-electron chi connectivity index (χ2n) is 5.52. The molecule has 23 heavy (non-hydrogen) atoms. The highest BCUT2D eigenvalue weighted by atomic mass is 16.5. The van der Waals surface area contributed by atoms with Crippen LogP contribution in [0.25, 0.3) is 22.2 Å². The van der Waals surface area contributed by atoms with Crippen LogP contribution in [0.4, 0.5) is 0 Å². The van der Waals surface area contributed by atoms with Crippen LogP contribution in [-0.2, 0) is 13.5 Å². The fourth-order valence-electron chi connectivity index (χ4n) is 2.92. The molecule has 0 aliphatic heterocycles. The number of aryl methyl sites for hydroxylation is 2. The van der Waals surface area contributed by atoms with Crippen LogP contribution in [-0.4, -0.2) is 21.4 Å². The Labute approximate surface area is 134 Å². The number of benzene rings is 1. The summed E-state index contributed by atoms with van der Waals surface area (Å²) in [6.07, 6.45) is 1.84. The van der Waals surface area contributed by atoms with Crippen molar-refractivity contribution in [3.05, 3.63) is 46.4 Å². The largest absolute Gasteiger partial charge is 0.493 e. The third-order valence-corrected chi connectivity index (χ3v) is 3.88. The molecule has 0 amide bonds. The van der Waals surface area contributed by atoms with E-state index in [0.29, 0.717) is 12.1 Å². The van der Waals surface area contributed by atoms with Gasteiger partial charge in [-0.25, -0.2) is 0 Å². The molecule has 0 spiro atoms. The summed E-state index contributed by atoms with van der Waals surface area (Å²) < 4.78 is 7.35.